The molecule has 0 aromatic carbocycles. The lowest BCUT2D eigenvalue weighted by Crippen LogP contribution is -2.46. The molecular weight excluding hydrogens is 276 g/mol. The number of hydrogen-bond acceptors (Lipinski definition) is 4. The molecule has 2 N–H and O–H groups in total. The van der Waals surface area contributed by atoms with Gasteiger partial charge in [0.1, 0.15) is 5.01 Å². The Morgan fingerprint density at radius 3 is 2.80 bits per heavy atom. The van der Waals surface area contributed by atoms with Crippen molar-refractivity contribution in [1.29, 1.82) is 0 Å². The zero-order chi connectivity index (χ0) is 11.5. The van der Waals surface area contributed by atoms with E-state index in [1.54, 1.807) is 17.5 Å². The van der Waals surface area contributed by atoms with Gasteiger partial charge in [-0.2, -0.15) is 0 Å². The van der Waals surface area contributed by atoms with Gasteiger partial charge in [-0.3, -0.25) is 0 Å². The number of halogens is 1. The number of aromatic nitrogens is 1. The molecule has 1 rings (SSSR count). The highest BCUT2D eigenvalue weighted by molar-refractivity contribution is 9.11. The van der Waals surface area contributed by atoms with Crippen LogP contribution in [0.15, 0.2) is 9.98 Å². The van der Waals surface area contributed by atoms with Gasteiger partial charge in [0.2, 0.25) is 0 Å². The van der Waals surface area contributed by atoms with Crippen molar-refractivity contribution in [3.8, 4) is 0 Å². The van der Waals surface area contributed by atoms with Crippen LogP contribution in [-0.4, -0.2) is 22.2 Å². The molecule has 0 aliphatic carbocycles. The van der Waals surface area contributed by atoms with Gasteiger partial charge in [0.15, 0.2) is 0 Å². The fourth-order valence-corrected chi connectivity index (χ4v) is 2.56. The number of nitrogens with zero attached hydrogens (tertiary/aromatic N) is 1. The maximum Gasteiger partial charge on any atom is 0.110 e. The number of aliphatic hydroxyl groups excluding tert-OH is 1. The molecule has 86 valence electrons. The standard InChI is InChI=1S/C10H17BrN2OS/c1-4-10(3,6-14)13-7(2)9-12-5-8(11)15-9/h5,7,13-14H,4,6H2,1-3H3. The third-order valence-corrected chi connectivity index (χ3v) is 4.22. The second-order valence-electron chi connectivity index (χ2n) is 3.94. The van der Waals surface area contributed by atoms with Gasteiger partial charge < -0.3 is 10.4 Å². The lowest BCUT2D eigenvalue weighted by molar-refractivity contribution is 0.159. The van der Waals surface area contributed by atoms with Crippen molar-refractivity contribution in [2.45, 2.75) is 38.8 Å². The van der Waals surface area contributed by atoms with E-state index in [-0.39, 0.29) is 18.2 Å². The Bertz CT molecular complexity index is 312. The van der Waals surface area contributed by atoms with Gasteiger partial charge in [-0.15, -0.1) is 11.3 Å². The normalized spacial score (nSPS) is 17.4. The minimum Gasteiger partial charge on any atom is -0.394 e. The SMILES string of the molecule is CCC(C)(CO)NC(C)c1ncc(Br)s1. The number of hydrogen-bond donors (Lipinski definition) is 2. The van der Waals surface area contributed by atoms with Gasteiger partial charge in [-0.25, -0.2) is 4.98 Å². The predicted molar refractivity (Wildman–Crippen MR) is 67.1 cm³/mol. The Balaban J connectivity index is 2.66. The molecule has 1 aromatic rings. The Labute approximate surface area is 103 Å². The van der Waals surface area contributed by atoms with Crippen LogP contribution in [0.25, 0.3) is 0 Å². The molecule has 1 heterocycles. The van der Waals surface area contributed by atoms with Crippen LogP contribution in [0.1, 0.15) is 38.2 Å². The van der Waals surface area contributed by atoms with Crippen LogP contribution >= 0.6 is 27.3 Å². The van der Waals surface area contributed by atoms with Crippen LogP contribution in [0.3, 0.4) is 0 Å². The van der Waals surface area contributed by atoms with E-state index in [4.69, 9.17) is 0 Å². The van der Waals surface area contributed by atoms with E-state index in [1.165, 1.54) is 0 Å². The van der Waals surface area contributed by atoms with Gasteiger partial charge in [0, 0.05) is 5.54 Å². The van der Waals surface area contributed by atoms with E-state index in [0.29, 0.717) is 0 Å². The zero-order valence-corrected chi connectivity index (χ0v) is 11.7. The first-order valence-corrected chi connectivity index (χ1v) is 6.61. The summed E-state index contributed by atoms with van der Waals surface area (Å²) in [5.41, 5.74) is -0.225. The summed E-state index contributed by atoms with van der Waals surface area (Å²) in [4.78, 5) is 4.30. The van der Waals surface area contributed by atoms with Crippen LogP contribution in [0.4, 0.5) is 0 Å². The largest absolute Gasteiger partial charge is 0.394 e. The third kappa shape index (κ3) is 3.52. The van der Waals surface area contributed by atoms with Gasteiger partial charge >= 0.3 is 0 Å². The molecule has 0 spiro atoms. The molecule has 5 heteroatoms. The lowest BCUT2D eigenvalue weighted by Gasteiger charge is -2.30. The highest BCUT2D eigenvalue weighted by atomic mass is 79.9. The van der Waals surface area contributed by atoms with Crippen molar-refractivity contribution in [2.24, 2.45) is 0 Å². The summed E-state index contributed by atoms with van der Waals surface area (Å²) in [6.07, 6.45) is 2.70. The van der Waals surface area contributed by atoms with Crippen LogP contribution in [0.2, 0.25) is 0 Å². The molecule has 0 amide bonds. The first-order chi connectivity index (χ1) is 7.00. The molecule has 0 fully saturated rings. The molecule has 0 radical (unpaired) electrons. The number of rotatable bonds is 5. The van der Waals surface area contributed by atoms with E-state index in [1.807, 2.05) is 6.92 Å². The molecule has 0 aliphatic rings. The smallest absolute Gasteiger partial charge is 0.110 e. The van der Waals surface area contributed by atoms with Crippen LogP contribution in [-0.2, 0) is 0 Å². The second-order valence-corrected chi connectivity index (χ2v) is 6.38. The Morgan fingerprint density at radius 2 is 2.40 bits per heavy atom. The van der Waals surface area contributed by atoms with E-state index >= 15 is 0 Å². The van der Waals surface area contributed by atoms with E-state index in [0.717, 1.165) is 15.2 Å². The molecule has 0 saturated heterocycles. The Hall–Kier alpha value is 0.0300. The predicted octanol–water partition coefficient (Wildman–Crippen LogP) is 2.72. The summed E-state index contributed by atoms with van der Waals surface area (Å²) in [5.74, 6) is 0. The lowest BCUT2D eigenvalue weighted by atomic mass is 9.99. The molecule has 2 unspecified atom stereocenters. The average Bonchev–Trinajstić information content (AvgIpc) is 2.65. The van der Waals surface area contributed by atoms with E-state index in [2.05, 4.69) is 40.1 Å². The average molecular weight is 293 g/mol. The van der Waals surface area contributed by atoms with Crippen molar-refractivity contribution >= 4 is 27.3 Å². The first kappa shape index (κ1) is 13.1. The molecule has 1 aromatic heterocycles. The number of thiazole rings is 1. The van der Waals surface area contributed by atoms with Crippen LogP contribution in [0.5, 0.6) is 0 Å². The Morgan fingerprint density at radius 1 is 1.73 bits per heavy atom. The summed E-state index contributed by atoms with van der Waals surface area (Å²) < 4.78 is 1.04. The van der Waals surface area contributed by atoms with Gasteiger partial charge in [0.25, 0.3) is 0 Å². The highest BCUT2D eigenvalue weighted by Gasteiger charge is 2.24. The molecule has 0 bridgehead atoms. The topological polar surface area (TPSA) is 45.1 Å². The maximum atomic E-state index is 9.30. The molecule has 0 aliphatic heterocycles. The van der Waals surface area contributed by atoms with Gasteiger partial charge in [-0.05, 0) is 36.2 Å². The summed E-state index contributed by atoms with van der Waals surface area (Å²) in [7, 11) is 0. The fourth-order valence-electron chi connectivity index (χ4n) is 1.31. The summed E-state index contributed by atoms with van der Waals surface area (Å²) in [6, 6.07) is 0.165. The molecule has 2 atom stereocenters. The fraction of sp³-hybridized carbons (Fsp3) is 0.700. The zero-order valence-electron chi connectivity index (χ0n) is 9.25. The Kier molecular flexibility index (Phi) is 4.70. The summed E-state index contributed by atoms with van der Waals surface area (Å²) in [6.45, 7) is 6.29. The number of aliphatic hydroxyl groups is 1. The van der Waals surface area contributed by atoms with Crippen molar-refractivity contribution in [1.82, 2.24) is 10.3 Å². The second kappa shape index (κ2) is 5.39. The monoisotopic (exact) mass is 292 g/mol. The van der Waals surface area contributed by atoms with Gasteiger partial charge in [-0.1, -0.05) is 6.92 Å². The van der Waals surface area contributed by atoms with E-state index in [9.17, 15) is 5.11 Å². The molecule has 0 saturated carbocycles. The van der Waals surface area contributed by atoms with Crippen molar-refractivity contribution in [3.05, 3.63) is 15.0 Å². The summed E-state index contributed by atoms with van der Waals surface area (Å²) >= 11 is 5.01. The number of nitrogens with one attached hydrogen (secondary N) is 1. The van der Waals surface area contributed by atoms with Crippen LogP contribution < -0.4 is 5.32 Å². The summed E-state index contributed by atoms with van der Waals surface area (Å²) in [5, 5.41) is 13.7. The molecule has 3 nitrogen and oxygen atoms in total. The maximum absolute atomic E-state index is 9.30. The van der Waals surface area contributed by atoms with Crippen LogP contribution in [0, 0.1) is 0 Å². The molecule has 15 heavy (non-hydrogen) atoms. The minimum atomic E-state index is -0.225. The minimum absolute atomic E-state index is 0.139. The highest BCUT2D eigenvalue weighted by Crippen LogP contribution is 2.26. The first-order valence-electron chi connectivity index (χ1n) is 5.00. The van der Waals surface area contributed by atoms with Crippen molar-refractivity contribution < 1.29 is 5.11 Å². The van der Waals surface area contributed by atoms with Crippen molar-refractivity contribution in [2.75, 3.05) is 6.61 Å². The third-order valence-electron chi connectivity index (χ3n) is 2.56. The molecular formula is C10H17BrN2OS. The van der Waals surface area contributed by atoms with E-state index < -0.39 is 0 Å². The van der Waals surface area contributed by atoms with Gasteiger partial charge in [0.05, 0.1) is 22.6 Å². The quantitative estimate of drug-likeness (QED) is 0.877. The van der Waals surface area contributed by atoms with Crippen molar-refractivity contribution in [3.63, 3.8) is 0 Å².